The molecule has 1 aromatic heterocycles. The zero-order valence-corrected chi connectivity index (χ0v) is 16.7. The van der Waals surface area contributed by atoms with E-state index in [1.165, 1.54) is 24.3 Å². The normalized spacial score (nSPS) is 11.3. The zero-order chi connectivity index (χ0) is 22.0. The van der Waals surface area contributed by atoms with E-state index >= 15 is 0 Å². The van der Waals surface area contributed by atoms with Crippen LogP contribution in [0.25, 0.3) is 10.9 Å². The number of carbonyl (C=O) groups excluding carboxylic acids is 1. The van der Waals surface area contributed by atoms with E-state index in [4.69, 9.17) is 0 Å². The molecule has 0 bridgehead atoms. The van der Waals surface area contributed by atoms with Crippen LogP contribution in [0.2, 0.25) is 0 Å². The number of benzene rings is 3. The molecule has 0 unspecified atom stereocenters. The fourth-order valence-electron chi connectivity index (χ4n) is 2.95. The molecule has 9 heteroatoms. The third-order valence-corrected chi connectivity index (χ3v) is 5.86. The van der Waals surface area contributed by atoms with Gasteiger partial charge < -0.3 is 5.32 Å². The van der Waals surface area contributed by atoms with E-state index in [9.17, 15) is 22.0 Å². The number of pyridine rings is 1. The van der Waals surface area contributed by atoms with Crippen LogP contribution in [-0.4, -0.2) is 19.3 Å². The molecule has 31 heavy (non-hydrogen) atoms. The minimum absolute atomic E-state index is 0.160. The Labute approximate surface area is 176 Å². The van der Waals surface area contributed by atoms with Crippen molar-refractivity contribution in [2.75, 3.05) is 10.0 Å². The first-order valence-corrected chi connectivity index (χ1v) is 10.5. The highest BCUT2D eigenvalue weighted by Crippen LogP contribution is 2.22. The quantitative estimate of drug-likeness (QED) is 0.477. The van der Waals surface area contributed by atoms with E-state index in [1.54, 1.807) is 24.4 Å². The van der Waals surface area contributed by atoms with Crippen molar-refractivity contribution in [3.63, 3.8) is 0 Å². The van der Waals surface area contributed by atoms with E-state index in [1.807, 2.05) is 12.1 Å². The highest BCUT2D eigenvalue weighted by molar-refractivity contribution is 7.92. The Morgan fingerprint density at radius 3 is 2.35 bits per heavy atom. The average Bonchev–Trinajstić information content (AvgIpc) is 2.76. The average molecular weight is 439 g/mol. The number of sulfonamides is 1. The van der Waals surface area contributed by atoms with Crippen LogP contribution in [0.4, 0.5) is 20.2 Å². The maximum Gasteiger partial charge on any atom is 0.261 e. The maximum absolute atomic E-state index is 13.4. The maximum atomic E-state index is 13.4. The van der Waals surface area contributed by atoms with Crippen LogP contribution in [0.1, 0.15) is 10.4 Å². The van der Waals surface area contributed by atoms with Crippen LogP contribution in [0.3, 0.4) is 0 Å². The molecule has 0 atom stereocenters. The van der Waals surface area contributed by atoms with E-state index in [0.717, 1.165) is 17.5 Å². The van der Waals surface area contributed by atoms with Crippen molar-refractivity contribution >= 4 is 38.2 Å². The summed E-state index contributed by atoms with van der Waals surface area (Å²) >= 11 is 0. The zero-order valence-electron chi connectivity index (χ0n) is 15.8. The van der Waals surface area contributed by atoms with E-state index in [-0.39, 0.29) is 5.69 Å². The third-order valence-electron chi connectivity index (χ3n) is 4.48. The summed E-state index contributed by atoms with van der Waals surface area (Å²) in [6.07, 6.45) is 1.63. The number of aromatic nitrogens is 1. The molecule has 4 rings (SSSR count). The number of rotatable bonds is 5. The third kappa shape index (κ3) is 4.36. The predicted molar refractivity (Wildman–Crippen MR) is 113 cm³/mol. The summed E-state index contributed by atoms with van der Waals surface area (Å²) in [6.45, 7) is 0. The molecule has 0 aliphatic heterocycles. The number of anilines is 2. The van der Waals surface area contributed by atoms with Gasteiger partial charge in [-0.15, -0.1) is 0 Å². The molecule has 3 aromatic carbocycles. The van der Waals surface area contributed by atoms with Crippen molar-refractivity contribution < 1.29 is 22.0 Å². The van der Waals surface area contributed by atoms with Crippen LogP contribution in [0.5, 0.6) is 0 Å². The number of fused-ring (bicyclic) bond motifs is 1. The summed E-state index contributed by atoms with van der Waals surface area (Å²) < 4.78 is 53.4. The molecule has 156 valence electrons. The molecule has 0 saturated carbocycles. The Hall–Kier alpha value is -3.85. The minimum atomic E-state index is -4.12. The Morgan fingerprint density at radius 2 is 1.61 bits per heavy atom. The van der Waals surface area contributed by atoms with E-state index in [2.05, 4.69) is 15.0 Å². The molecule has 0 aliphatic rings. The molecule has 4 aromatic rings. The van der Waals surface area contributed by atoms with Gasteiger partial charge in [0, 0.05) is 22.8 Å². The molecule has 0 fully saturated rings. The predicted octanol–water partition coefficient (Wildman–Crippen LogP) is 4.57. The molecule has 0 saturated heterocycles. The van der Waals surface area contributed by atoms with Gasteiger partial charge in [-0.2, -0.15) is 0 Å². The van der Waals surface area contributed by atoms with E-state index in [0.29, 0.717) is 22.8 Å². The lowest BCUT2D eigenvalue weighted by Crippen LogP contribution is -2.14. The lowest BCUT2D eigenvalue weighted by molar-refractivity contribution is 0.102. The number of carbonyl (C=O) groups is 1. The standard InChI is InChI=1S/C22H15F2N3O3S/c23-18-11-10-17(13-19(18)24)31(29,30)27-16-8-6-15(7-9-16)22(28)26-20-5-1-3-14-4-2-12-25-21(14)20/h1-13,27H,(H,26,28). The lowest BCUT2D eigenvalue weighted by Gasteiger charge is -2.10. The van der Waals surface area contributed by atoms with Crippen molar-refractivity contribution in [1.29, 1.82) is 0 Å². The van der Waals surface area contributed by atoms with Gasteiger partial charge in [0.25, 0.3) is 15.9 Å². The van der Waals surface area contributed by atoms with Gasteiger partial charge in [-0.1, -0.05) is 18.2 Å². The lowest BCUT2D eigenvalue weighted by atomic mass is 10.1. The second kappa shape index (κ2) is 8.11. The fraction of sp³-hybridized carbons (Fsp3) is 0. The van der Waals surface area contributed by atoms with Crippen molar-refractivity contribution in [3.05, 3.63) is 96.2 Å². The van der Waals surface area contributed by atoms with Gasteiger partial charge in [0.15, 0.2) is 11.6 Å². The summed E-state index contributed by atoms with van der Waals surface area (Å²) in [4.78, 5) is 16.5. The number of halogens is 2. The number of hydrogen-bond donors (Lipinski definition) is 2. The second-order valence-corrected chi connectivity index (χ2v) is 8.28. The van der Waals surface area contributed by atoms with Gasteiger partial charge >= 0.3 is 0 Å². The van der Waals surface area contributed by atoms with Gasteiger partial charge in [0.05, 0.1) is 16.1 Å². The summed E-state index contributed by atoms with van der Waals surface area (Å²) in [5, 5.41) is 3.67. The topological polar surface area (TPSA) is 88.2 Å². The summed E-state index contributed by atoms with van der Waals surface area (Å²) in [6, 6.07) is 17.1. The molecule has 1 amide bonds. The van der Waals surface area contributed by atoms with E-state index < -0.39 is 32.5 Å². The first-order chi connectivity index (χ1) is 14.8. The van der Waals surface area contributed by atoms with Crippen LogP contribution >= 0.6 is 0 Å². The Morgan fingerprint density at radius 1 is 0.871 bits per heavy atom. The van der Waals surface area contributed by atoms with Crippen LogP contribution in [0, 0.1) is 11.6 Å². The smallest absolute Gasteiger partial charge is 0.261 e. The fourth-order valence-corrected chi connectivity index (χ4v) is 4.02. The van der Waals surface area contributed by atoms with Gasteiger partial charge in [-0.25, -0.2) is 17.2 Å². The SMILES string of the molecule is O=C(Nc1cccc2cccnc12)c1ccc(NS(=O)(=O)c2ccc(F)c(F)c2)cc1. The monoisotopic (exact) mass is 439 g/mol. The minimum Gasteiger partial charge on any atom is -0.320 e. The molecular formula is C22H15F2N3O3S. The highest BCUT2D eigenvalue weighted by Gasteiger charge is 2.17. The van der Waals surface area contributed by atoms with Gasteiger partial charge in [-0.05, 0) is 54.6 Å². The first kappa shape index (κ1) is 20.4. The van der Waals surface area contributed by atoms with Crippen molar-refractivity contribution in [2.24, 2.45) is 0 Å². The van der Waals surface area contributed by atoms with Crippen molar-refractivity contribution in [3.8, 4) is 0 Å². The number of para-hydroxylation sites is 1. The molecule has 0 radical (unpaired) electrons. The van der Waals surface area contributed by atoms with Crippen LogP contribution in [0.15, 0.2) is 83.9 Å². The molecule has 0 aliphatic carbocycles. The first-order valence-electron chi connectivity index (χ1n) is 9.06. The summed E-state index contributed by atoms with van der Waals surface area (Å²) in [7, 11) is -4.12. The molecule has 0 spiro atoms. The Balaban J connectivity index is 1.51. The Bertz CT molecular complexity index is 1390. The molecule has 1 heterocycles. The van der Waals surface area contributed by atoms with Gasteiger partial charge in [0.2, 0.25) is 0 Å². The Kier molecular flexibility index (Phi) is 5.35. The largest absolute Gasteiger partial charge is 0.320 e. The number of hydrogen-bond acceptors (Lipinski definition) is 4. The number of nitrogens with one attached hydrogen (secondary N) is 2. The second-order valence-electron chi connectivity index (χ2n) is 6.59. The van der Waals surface area contributed by atoms with Crippen molar-refractivity contribution in [2.45, 2.75) is 4.90 Å². The molecule has 2 N–H and O–H groups in total. The van der Waals surface area contributed by atoms with Crippen LogP contribution < -0.4 is 10.0 Å². The summed E-state index contributed by atoms with van der Waals surface area (Å²) in [5.41, 5.74) is 1.65. The molecule has 6 nitrogen and oxygen atoms in total. The van der Waals surface area contributed by atoms with Crippen LogP contribution in [-0.2, 0) is 10.0 Å². The van der Waals surface area contributed by atoms with Crippen molar-refractivity contribution in [1.82, 2.24) is 4.98 Å². The molecular weight excluding hydrogens is 424 g/mol. The number of amides is 1. The number of nitrogens with zero attached hydrogens (tertiary/aromatic N) is 1. The highest BCUT2D eigenvalue weighted by atomic mass is 32.2. The van der Waals surface area contributed by atoms with Gasteiger partial charge in [0.1, 0.15) is 0 Å². The van der Waals surface area contributed by atoms with Gasteiger partial charge in [-0.3, -0.25) is 14.5 Å². The summed E-state index contributed by atoms with van der Waals surface area (Å²) in [5.74, 6) is -2.80.